The Kier molecular flexibility index (Phi) is 2.50. The van der Waals surface area contributed by atoms with E-state index in [2.05, 4.69) is 4.98 Å². The lowest BCUT2D eigenvalue weighted by Crippen LogP contribution is -2.00. The van der Waals surface area contributed by atoms with Crippen LogP contribution in [0, 0.1) is 20.6 Å². The molecule has 0 radical (unpaired) electrons. The van der Waals surface area contributed by atoms with Crippen LogP contribution in [0.4, 0.5) is 0 Å². The zero-order valence-corrected chi connectivity index (χ0v) is 13.2. The number of rotatable bonds is 3. The lowest BCUT2D eigenvalue weighted by molar-refractivity contribution is 0.904. The Morgan fingerprint density at radius 2 is 1.74 bits per heavy atom. The van der Waals surface area contributed by atoms with Gasteiger partial charge in [0.25, 0.3) is 0 Å². The summed E-state index contributed by atoms with van der Waals surface area (Å²) < 4.78 is 55.6. The Morgan fingerprint density at radius 1 is 0.957 bits per heavy atom. The van der Waals surface area contributed by atoms with E-state index >= 15 is 0 Å². The van der Waals surface area contributed by atoms with Crippen LogP contribution in [0.15, 0.2) is 60.8 Å². The molecule has 0 fully saturated rings. The molecule has 0 saturated carbocycles. The summed E-state index contributed by atoms with van der Waals surface area (Å²) >= 11 is 0. The Bertz CT molecular complexity index is 1050. The minimum absolute atomic E-state index is 0.0310. The van der Waals surface area contributed by atoms with Gasteiger partial charge < -0.3 is 0 Å². The van der Waals surface area contributed by atoms with Crippen LogP contribution in [0.5, 0.6) is 0 Å². The van der Waals surface area contributed by atoms with Gasteiger partial charge in [-0.2, -0.15) is 0 Å². The minimum Gasteiger partial charge on any atom is -0.256 e. The van der Waals surface area contributed by atoms with Crippen molar-refractivity contribution >= 4 is 0 Å². The SMILES string of the molecule is [2H]C([2H])([2H])c1ccc(-c2cc(C([2H])(C)c3ccccc3)c(C([2H])([2H])[2H])cn2)cc1C. The van der Waals surface area contributed by atoms with Crippen molar-refractivity contribution < 1.29 is 9.60 Å². The monoisotopic (exact) mass is 308 g/mol. The third-order valence-electron chi connectivity index (χ3n) is 4.04. The van der Waals surface area contributed by atoms with Crippen LogP contribution in [-0.4, -0.2) is 4.98 Å². The molecule has 3 aromatic rings. The molecule has 1 nitrogen and oxygen atoms in total. The van der Waals surface area contributed by atoms with Gasteiger partial charge in [0.15, 0.2) is 0 Å². The lowest BCUT2D eigenvalue weighted by atomic mass is 9.90. The highest BCUT2D eigenvalue weighted by Gasteiger charge is 2.13. The van der Waals surface area contributed by atoms with E-state index in [0.717, 1.165) is 0 Å². The summed E-state index contributed by atoms with van der Waals surface area (Å²) in [5.41, 5.74) is 3.07. The summed E-state index contributed by atoms with van der Waals surface area (Å²) in [7, 11) is 0. The fourth-order valence-electron chi connectivity index (χ4n) is 2.59. The van der Waals surface area contributed by atoms with Gasteiger partial charge in [-0.15, -0.1) is 0 Å². The average Bonchev–Trinajstić information content (AvgIpc) is 2.66. The molecule has 0 aliphatic heterocycles. The van der Waals surface area contributed by atoms with E-state index in [1.54, 1.807) is 50.2 Å². The van der Waals surface area contributed by atoms with Gasteiger partial charge in [0.1, 0.15) is 0 Å². The second kappa shape index (κ2) is 6.37. The van der Waals surface area contributed by atoms with Crippen LogP contribution in [0.1, 0.15) is 50.2 Å². The van der Waals surface area contributed by atoms with Crippen molar-refractivity contribution in [2.45, 2.75) is 33.4 Å². The quantitative estimate of drug-likeness (QED) is 0.593. The Balaban J connectivity index is 2.19. The predicted molar refractivity (Wildman–Crippen MR) is 97.8 cm³/mol. The van der Waals surface area contributed by atoms with E-state index in [1.807, 2.05) is 18.2 Å². The first-order valence-corrected chi connectivity index (χ1v) is 7.50. The fraction of sp³-hybridized carbons (Fsp3) is 0.227. The number of pyridine rings is 1. The number of hydrogen-bond donors (Lipinski definition) is 0. The molecule has 23 heavy (non-hydrogen) atoms. The molecule has 0 saturated heterocycles. The molecule has 1 heteroatoms. The smallest absolute Gasteiger partial charge is 0.0705 e. The third kappa shape index (κ3) is 3.19. The predicted octanol–water partition coefficient (Wildman–Crippen LogP) is 5.83. The topological polar surface area (TPSA) is 12.9 Å². The maximum Gasteiger partial charge on any atom is 0.0705 e. The highest BCUT2D eigenvalue weighted by Crippen LogP contribution is 2.30. The first-order valence-electron chi connectivity index (χ1n) is 11.0. The van der Waals surface area contributed by atoms with Gasteiger partial charge >= 0.3 is 0 Å². The fourth-order valence-corrected chi connectivity index (χ4v) is 2.59. The molecule has 116 valence electrons. The molecule has 0 spiro atoms. The zero-order chi connectivity index (χ0) is 22.3. The van der Waals surface area contributed by atoms with Crippen molar-refractivity contribution in [2.24, 2.45) is 0 Å². The Morgan fingerprint density at radius 3 is 2.43 bits per heavy atom. The number of nitrogens with zero attached hydrogens (tertiary/aromatic N) is 1. The number of benzene rings is 2. The van der Waals surface area contributed by atoms with Gasteiger partial charge in [0.2, 0.25) is 0 Å². The molecule has 0 aliphatic rings. The largest absolute Gasteiger partial charge is 0.256 e. The van der Waals surface area contributed by atoms with Crippen LogP contribution < -0.4 is 0 Å². The minimum atomic E-state index is -2.42. The van der Waals surface area contributed by atoms with Gasteiger partial charge in [0, 0.05) is 27.2 Å². The molecule has 0 bridgehead atoms. The first-order chi connectivity index (χ1) is 13.8. The van der Waals surface area contributed by atoms with E-state index in [4.69, 9.17) is 9.60 Å². The van der Waals surface area contributed by atoms with Crippen molar-refractivity contribution in [2.75, 3.05) is 0 Å². The first kappa shape index (κ1) is 9.02. The molecular weight excluding hydrogens is 278 g/mol. The molecule has 1 atom stereocenters. The van der Waals surface area contributed by atoms with Gasteiger partial charge in [-0.25, -0.2) is 0 Å². The molecule has 0 aliphatic carbocycles. The highest BCUT2D eigenvalue weighted by atomic mass is 14.7. The molecule has 2 aromatic carbocycles. The second-order valence-corrected chi connectivity index (χ2v) is 5.64. The van der Waals surface area contributed by atoms with Gasteiger partial charge in [-0.1, -0.05) is 49.4 Å². The van der Waals surface area contributed by atoms with E-state index in [0.29, 0.717) is 27.9 Å². The second-order valence-electron chi connectivity index (χ2n) is 5.64. The van der Waals surface area contributed by atoms with Crippen LogP contribution >= 0.6 is 0 Å². The average molecular weight is 308 g/mol. The van der Waals surface area contributed by atoms with Gasteiger partial charge in [-0.3, -0.25) is 4.98 Å². The maximum atomic E-state index is 8.99. The summed E-state index contributed by atoms with van der Waals surface area (Å²) in [4.78, 5) is 4.33. The Labute approximate surface area is 148 Å². The molecule has 0 amide bonds. The van der Waals surface area contributed by atoms with E-state index in [-0.39, 0.29) is 11.1 Å². The van der Waals surface area contributed by atoms with Crippen molar-refractivity contribution in [3.63, 3.8) is 0 Å². The number of hydrogen-bond acceptors (Lipinski definition) is 1. The van der Waals surface area contributed by atoms with E-state index < -0.39 is 19.6 Å². The molecule has 3 rings (SSSR count). The van der Waals surface area contributed by atoms with Crippen LogP contribution in [0.25, 0.3) is 11.3 Å². The van der Waals surface area contributed by atoms with Crippen molar-refractivity contribution in [3.8, 4) is 11.3 Å². The molecule has 0 N–H and O–H groups in total. The van der Waals surface area contributed by atoms with Crippen LogP contribution in [0.2, 0.25) is 0 Å². The standard InChI is InChI=1S/C22H23N/c1-15-10-11-20(12-16(15)2)22-13-21(17(3)14-23-22)18(4)19-8-6-5-7-9-19/h5-14,18H,1-4H3/i1D3,3D3,18D. The summed E-state index contributed by atoms with van der Waals surface area (Å²) in [6, 6.07) is 15.6. The maximum absolute atomic E-state index is 8.99. The van der Waals surface area contributed by atoms with E-state index in [9.17, 15) is 0 Å². The molecule has 1 aromatic heterocycles. The third-order valence-corrected chi connectivity index (χ3v) is 4.04. The normalized spacial score (nSPS) is 19.1. The number of aryl methyl sites for hydroxylation is 3. The van der Waals surface area contributed by atoms with E-state index in [1.165, 1.54) is 6.20 Å². The van der Waals surface area contributed by atoms with Crippen LogP contribution in [0.3, 0.4) is 0 Å². The van der Waals surface area contributed by atoms with Gasteiger partial charge in [-0.05, 0) is 60.6 Å². The molecule has 1 heterocycles. The van der Waals surface area contributed by atoms with Crippen molar-refractivity contribution in [1.82, 2.24) is 4.98 Å². The van der Waals surface area contributed by atoms with Crippen molar-refractivity contribution in [1.29, 1.82) is 0 Å². The Hall–Kier alpha value is -2.41. The zero-order valence-electron chi connectivity index (χ0n) is 20.2. The van der Waals surface area contributed by atoms with Crippen LogP contribution in [-0.2, 0) is 0 Å². The molecule has 1 unspecified atom stereocenters. The summed E-state index contributed by atoms with van der Waals surface area (Å²) in [6.07, 6.45) is 1.31. The highest BCUT2D eigenvalue weighted by molar-refractivity contribution is 5.62. The summed E-state index contributed by atoms with van der Waals surface area (Å²) in [5.74, 6) is -1.31. The summed E-state index contributed by atoms with van der Waals surface area (Å²) in [6.45, 7) is -1.24. The van der Waals surface area contributed by atoms with Gasteiger partial charge in [0.05, 0.1) is 5.69 Å². The van der Waals surface area contributed by atoms with Crippen molar-refractivity contribution in [3.05, 3.63) is 88.6 Å². The molecular formula is C22H23N. The number of aromatic nitrogens is 1. The lowest BCUT2D eigenvalue weighted by Gasteiger charge is -2.16. The summed E-state index contributed by atoms with van der Waals surface area (Å²) in [5, 5.41) is 0.